The Labute approximate surface area is 167 Å². The van der Waals surface area contributed by atoms with E-state index < -0.39 is 10.1 Å². The summed E-state index contributed by atoms with van der Waals surface area (Å²) in [6.45, 7) is 0. The topological polar surface area (TPSA) is 81.7 Å². The summed E-state index contributed by atoms with van der Waals surface area (Å²) in [5.41, 5.74) is 0.859. The first-order valence-corrected chi connectivity index (χ1v) is 9.92. The number of hydrogen-bond donors (Lipinski definition) is 1. The van der Waals surface area contributed by atoms with Crippen LogP contribution in [0.2, 0.25) is 5.02 Å². The molecular formula is C20H16ClNO5S. The SMILES string of the molecule is COc1ccccc1C(=O)Nc1ccc(OS(=O)(=O)c2cccc(Cl)c2)cc1. The molecule has 1 N–H and O–H groups in total. The van der Waals surface area contributed by atoms with Crippen molar-refractivity contribution in [2.24, 2.45) is 0 Å². The number of amides is 1. The summed E-state index contributed by atoms with van der Waals surface area (Å²) in [7, 11) is -2.53. The van der Waals surface area contributed by atoms with Crippen molar-refractivity contribution in [1.29, 1.82) is 0 Å². The normalized spacial score (nSPS) is 10.9. The Morgan fingerprint density at radius 1 is 0.964 bits per heavy atom. The van der Waals surface area contributed by atoms with E-state index in [-0.39, 0.29) is 16.6 Å². The van der Waals surface area contributed by atoms with Gasteiger partial charge in [0.05, 0.1) is 12.7 Å². The van der Waals surface area contributed by atoms with Crippen molar-refractivity contribution in [3.63, 3.8) is 0 Å². The molecular weight excluding hydrogens is 402 g/mol. The summed E-state index contributed by atoms with van der Waals surface area (Å²) in [6.07, 6.45) is 0. The molecule has 28 heavy (non-hydrogen) atoms. The van der Waals surface area contributed by atoms with Crippen LogP contribution in [0.3, 0.4) is 0 Å². The van der Waals surface area contributed by atoms with Gasteiger partial charge in [0.25, 0.3) is 5.91 Å². The van der Waals surface area contributed by atoms with Gasteiger partial charge in [0.15, 0.2) is 0 Å². The Bertz CT molecular complexity index is 1100. The summed E-state index contributed by atoms with van der Waals surface area (Å²) >= 11 is 5.83. The molecule has 0 aliphatic rings. The summed E-state index contributed by atoms with van der Waals surface area (Å²) in [4.78, 5) is 12.3. The van der Waals surface area contributed by atoms with Crippen LogP contribution in [-0.4, -0.2) is 21.4 Å². The number of carbonyl (C=O) groups excluding carboxylic acids is 1. The minimum absolute atomic E-state index is 0.0476. The van der Waals surface area contributed by atoms with Crippen LogP contribution in [-0.2, 0) is 10.1 Å². The van der Waals surface area contributed by atoms with Gasteiger partial charge in [0, 0.05) is 10.7 Å². The second-order valence-electron chi connectivity index (χ2n) is 5.67. The third-order valence-corrected chi connectivity index (χ3v) is 5.23. The maximum absolute atomic E-state index is 12.4. The lowest BCUT2D eigenvalue weighted by atomic mass is 10.2. The number of hydrogen-bond acceptors (Lipinski definition) is 5. The van der Waals surface area contributed by atoms with E-state index in [0.29, 0.717) is 22.0 Å². The zero-order chi connectivity index (χ0) is 20.1. The van der Waals surface area contributed by atoms with Crippen LogP contribution in [0.4, 0.5) is 5.69 Å². The molecule has 0 aliphatic heterocycles. The van der Waals surface area contributed by atoms with Gasteiger partial charge >= 0.3 is 10.1 Å². The van der Waals surface area contributed by atoms with Gasteiger partial charge < -0.3 is 14.2 Å². The molecule has 0 fully saturated rings. The predicted octanol–water partition coefficient (Wildman–Crippen LogP) is 4.37. The molecule has 0 saturated heterocycles. The molecule has 0 bridgehead atoms. The lowest BCUT2D eigenvalue weighted by Crippen LogP contribution is -2.13. The molecule has 3 aromatic rings. The number of anilines is 1. The van der Waals surface area contributed by atoms with Gasteiger partial charge in [-0.25, -0.2) is 0 Å². The molecule has 0 heterocycles. The molecule has 0 aromatic heterocycles. The van der Waals surface area contributed by atoms with E-state index in [0.717, 1.165) is 0 Å². The highest BCUT2D eigenvalue weighted by atomic mass is 35.5. The molecule has 6 nitrogen and oxygen atoms in total. The van der Waals surface area contributed by atoms with E-state index in [1.807, 2.05) is 0 Å². The monoisotopic (exact) mass is 417 g/mol. The second kappa shape index (κ2) is 8.33. The molecule has 0 aliphatic carbocycles. The molecule has 3 rings (SSSR count). The van der Waals surface area contributed by atoms with Crippen LogP contribution < -0.4 is 14.2 Å². The van der Waals surface area contributed by atoms with Crippen LogP contribution in [0.15, 0.2) is 77.7 Å². The van der Waals surface area contributed by atoms with Crippen molar-refractivity contribution in [3.8, 4) is 11.5 Å². The summed E-state index contributed by atoms with van der Waals surface area (Å²) in [5, 5.41) is 3.01. The maximum atomic E-state index is 12.4. The van der Waals surface area contributed by atoms with E-state index >= 15 is 0 Å². The number of nitrogens with one attached hydrogen (secondary N) is 1. The third-order valence-electron chi connectivity index (χ3n) is 3.75. The van der Waals surface area contributed by atoms with Gasteiger partial charge in [-0.1, -0.05) is 29.8 Å². The van der Waals surface area contributed by atoms with Crippen molar-refractivity contribution in [3.05, 3.63) is 83.4 Å². The molecule has 0 saturated carbocycles. The van der Waals surface area contributed by atoms with Crippen LogP contribution >= 0.6 is 11.6 Å². The van der Waals surface area contributed by atoms with E-state index in [9.17, 15) is 13.2 Å². The smallest absolute Gasteiger partial charge is 0.339 e. The van der Waals surface area contributed by atoms with E-state index in [2.05, 4.69) is 5.32 Å². The minimum atomic E-state index is -4.01. The van der Waals surface area contributed by atoms with E-state index in [1.54, 1.807) is 30.3 Å². The van der Waals surface area contributed by atoms with Crippen LogP contribution in [0.25, 0.3) is 0 Å². The molecule has 1 amide bonds. The summed E-state index contributed by atoms with van der Waals surface area (Å²) < 4.78 is 34.9. The highest BCUT2D eigenvalue weighted by molar-refractivity contribution is 7.87. The fourth-order valence-electron chi connectivity index (χ4n) is 2.42. The number of rotatable bonds is 6. The molecule has 0 unspecified atom stereocenters. The predicted molar refractivity (Wildman–Crippen MR) is 107 cm³/mol. The summed E-state index contributed by atoms with van der Waals surface area (Å²) in [5.74, 6) is 0.209. The number of ether oxygens (including phenoxy) is 1. The van der Waals surface area contributed by atoms with Crippen LogP contribution in [0.1, 0.15) is 10.4 Å². The molecule has 8 heteroatoms. The number of carbonyl (C=O) groups is 1. The van der Waals surface area contributed by atoms with Crippen molar-refractivity contribution >= 4 is 33.3 Å². The lowest BCUT2D eigenvalue weighted by Gasteiger charge is -2.10. The lowest BCUT2D eigenvalue weighted by molar-refractivity contribution is 0.102. The Balaban J connectivity index is 1.72. The Morgan fingerprint density at radius 2 is 1.68 bits per heavy atom. The molecule has 0 atom stereocenters. The van der Waals surface area contributed by atoms with Crippen LogP contribution in [0, 0.1) is 0 Å². The van der Waals surface area contributed by atoms with E-state index in [1.165, 1.54) is 49.6 Å². The van der Waals surface area contributed by atoms with Crippen molar-refractivity contribution < 1.29 is 22.1 Å². The first-order chi connectivity index (χ1) is 13.4. The molecule has 0 radical (unpaired) electrons. The van der Waals surface area contributed by atoms with Crippen LogP contribution in [0.5, 0.6) is 11.5 Å². The Hall–Kier alpha value is -3.03. The maximum Gasteiger partial charge on any atom is 0.339 e. The van der Waals surface area contributed by atoms with Crippen molar-refractivity contribution in [1.82, 2.24) is 0 Å². The number of halogens is 1. The van der Waals surface area contributed by atoms with Gasteiger partial charge in [-0.2, -0.15) is 8.42 Å². The number of benzene rings is 3. The van der Waals surface area contributed by atoms with Gasteiger partial charge in [-0.15, -0.1) is 0 Å². The van der Waals surface area contributed by atoms with Crippen molar-refractivity contribution in [2.45, 2.75) is 4.90 Å². The van der Waals surface area contributed by atoms with Gasteiger partial charge in [-0.3, -0.25) is 4.79 Å². The average Bonchev–Trinajstić information content (AvgIpc) is 2.69. The van der Waals surface area contributed by atoms with Crippen molar-refractivity contribution in [2.75, 3.05) is 12.4 Å². The Morgan fingerprint density at radius 3 is 2.36 bits per heavy atom. The highest BCUT2D eigenvalue weighted by Gasteiger charge is 2.17. The highest BCUT2D eigenvalue weighted by Crippen LogP contribution is 2.24. The standard InChI is InChI=1S/C20H16ClNO5S/c1-26-19-8-3-2-7-18(19)20(23)22-15-9-11-16(12-10-15)27-28(24,25)17-6-4-5-14(21)13-17/h2-13H,1H3,(H,22,23). The van der Waals surface area contributed by atoms with Gasteiger partial charge in [0.2, 0.25) is 0 Å². The molecule has 3 aromatic carbocycles. The van der Waals surface area contributed by atoms with Gasteiger partial charge in [0.1, 0.15) is 16.4 Å². The third kappa shape index (κ3) is 4.62. The fourth-order valence-corrected chi connectivity index (χ4v) is 3.65. The summed E-state index contributed by atoms with van der Waals surface area (Å²) in [6, 6.07) is 18.6. The fraction of sp³-hybridized carbons (Fsp3) is 0.0500. The second-order valence-corrected chi connectivity index (χ2v) is 7.66. The molecule has 0 spiro atoms. The Kier molecular flexibility index (Phi) is 5.87. The zero-order valence-electron chi connectivity index (χ0n) is 14.8. The zero-order valence-corrected chi connectivity index (χ0v) is 16.3. The first kappa shape index (κ1) is 19.7. The van der Waals surface area contributed by atoms with E-state index in [4.69, 9.17) is 20.5 Å². The number of methoxy groups -OCH3 is 1. The largest absolute Gasteiger partial charge is 0.496 e. The quantitative estimate of drug-likeness (QED) is 0.602. The molecule has 144 valence electrons. The minimum Gasteiger partial charge on any atom is -0.496 e. The number of para-hydroxylation sites is 1. The first-order valence-electron chi connectivity index (χ1n) is 8.13. The van der Waals surface area contributed by atoms with Gasteiger partial charge in [-0.05, 0) is 54.6 Å². The average molecular weight is 418 g/mol.